The van der Waals surface area contributed by atoms with E-state index in [4.69, 9.17) is 14.2 Å². The van der Waals surface area contributed by atoms with Gasteiger partial charge in [0.2, 0.25) is 5.91 Å². The molecule has 0 N–H and O–H groups in total. The Hall–Kier alpha value is -1.79. The summed E-state index contributed by atoms with van der Waals surface area (Å²) in [5, 5.41) is 0. The van der Waals surface area contributed by atoms with Crippen LogP contribution in [-0.2, 0) is 19.0 Å². The first-order valence-corrected chi connectivity index (χ1v) is 8.63. The zero-order chi connectivity index (χ0) is 19.6. The monoisotopic (exact) mass is 357 g/mol. The van der Waals surface area contributed by atoms with Crippen LogP contribution in [0.15, 0.2) is 0 Å². The molecule has 144 valence electrons. The van der Waals surface area contributed by atoms with Crippen molar-refractivity contribution in [3.63, 3.8) is 0 Å². The van der Waals surface area contributed by atoms with E-state index in [9.17, 15) is 14.4 Å². The van der Waals surface area contributed by atoms with Crippen LogP contribution < -0.4 is 0 Å². The second-order valence-corrected chi connectivity index (χ2v) is 8.70. The van der Waals surface area contributed by atoms with Crippen molar-refractivity contribution in [1.82, 2.24) is 4.90 Å². The SMILES string of the molecule is CC(C)[C@@H]1CC(COC(=O)OC(C)(C)C)N(C(=O)OC(C)(C)C)C1=O. The standard InChI is InChI=1S/C18H31NO6/c1-11(2)13-9-12(10-23-16(22)25-18(6,7)8)19(14(13)20)15(21)24-17(3,4)5/h11-13H,9-10H2,1-8H3/t12?,13-/m0/s1. The Morgan fingerprint density at radius 1 is 1.08 bits per heavy atom. The third-order valence-corrected chi connectivity index (χ3v) is 3.62. The summed E-state index contributed by atoms with van der Waals surface area (Å²) in [5.41, 5.74) is -1.39. The summed E-state index contributed by atoms with van der Waals surface area (Å²) in [6.07, 6.45) is -1.10. The van der Waals surface area contributed by atoms with Crippen molar-refractivity contribution in [3.05, 3.63) is 0 Å². The highest BCUT2D eigenvalue weighted by Crippen LogP contribution is 2.32. The van der Waals surface area contributed by atoms with Crippen LogP contribution in [0.3, 0.4) is 0 Å². The summed E-state index contributed by atoms with van der Waals surface area (Å²) in [4.78, 5) is 37.9. The molecule has 0 bridgehead atoms. The summed E-state index contributed by atoms with van der Waals surface area (Å²) in [6, 6.07) is -0.553. The first-order valence-electron chi connectivity index (χ1n) is 8.63. The highest BCUT2D eigenvalue weighted by molar-refractivity contribution is 5.95. The molecule has 1 heterocycles. The molecule has 7 nitrogen and oxygen atoms in total. The molecule has 1 aliphatic rings. The number of carbonyl (C=O) groups is 3. The molecule has 1 unspecified atom stereocenters. The number of rotatable bonds is 3. The molecule has 0 aromatic carbocycles. The van der Waals surface area contributed by atoms with Crippen molar-refractivity contribution in [2.45, 2.75) is 79.1 Å². The average Bonchev–Trinajstić information content (AvgIpc) is 2.69. The van der Waals surface area contributed by atoms with Crippen molar-refractivity contribution in [2.24, 2.45) is 11.8 Å². The van der Waals surface area contributed by atoms with Crippen molar-refractivity contribution in [3.8, 4) is 0 Å². The van der Waals surface area contributed by atoms with Crippen LogP contribution in [0.25, 0.3) is 0 Å². The summed E-state index contributed by atoms with van der Waals surface area (Å²) >= 11 is 0. The van der Waals surface area contributed by atoms with Gasteiger partial charge in [0.15, 0.2) is 0 Å². The molecule has 2 amide bonds. The van der Waals surface area contributed by atoms with Gasteiger partial charge in [0.25, 0.3) is 0 Å². The summed E-state index contributed by atoms with van der Waals surface area (Å²) < 4.78 is 15.6. The Bertz CT molecular complexity index is 515. The van der Waals surface area contributed by atoms with E-state index >= 15 is 0 Å². The van der Waals surface area contributed by atoms with Crippen LogP contribution in [-0.4, -0.2) is 46.9 Å². The number of hydrogen-bond acceptors (Lipinski definition) is 6. The maximum absolute atomic E-state index is 12.6. The van der Waals surface area contributed by atoms with E-state index in [2.05, 4.69) is 0 Å². The highest BCUT2D eigenvalue weighted by atomic mass is 16.7. The molecule has 0 saturated carbocycles. The topological polar surface area (TPSA) is 82.1 Å². The fourth-order valence-corrected chi connectivity index (χ4v) is 2.55. The lowest BCUT2D eigenvalue weighted by Crippen LogP contribution is -2.45. The Kier molecular flexibility index (Phi) is 6.48. The minimum Gasteiger partial charge on any atom is -0.443 e. The molecular formula is C18H31NO6. The molecule has 0 radical (unpaired) electrons. The lowest BCUT2D eigenvalue weighted by Gasteiger charge is -2.27. The molecule has 2 atom stereocenters. The Labute approximate surface area is 150 Å². The molecule has 1 fully saturated rings. The lowest BCUT2D eigenvalue weighted by molar-refractivity contribution is -0.132. The first kappa shape index (κ1) is 21.3. The first-order chi connectivity index (χ1) is 11.2. The van der Waals surface area contributed by atoms with E-state index in [-0.39, 0.29) is 24.3 Å². The van der Waals surface area contributed by atoms with E-state index in [0.717, 1.165) is 4.90 Å². The number of amides is 2. The normalized spacial score (nSPS) is 21.5. The van der Waals surface area contributed by atoms with Crippen molar-refractivity contribution in [1.29, 1.82) is 0 Å². The lowest BCUT2D eigenvalue weighted by atomic mass is 9.93. The molecular weight excluding hydrogens is 326 g/mol. The smallest absolute Gasteiger partial charge is 0.443 e. The largest absolute Gasteiger partial charge is 0.508 e. The van der Waals surface area contributed by atoms with Crippen molar-refractivity contribution >= 4 is 18.2 Å². The van der Waals surface area contributed by atoms with Gasteiger partial charge in [-0.1, -0.05) is 13.8 Å². The van der Waals surface area contributed by atoms with Crippen LogP contribution in [0.2, 0.25) is 0 Å². The summed E-state index contributed by atoms with van der Waals surface area (Å²) in [7, 11) is 0. The van der Waals surface area contributed by atoms with Crippen molar-refractivity contribution < 1.29 is 28.6 Å². The van der Waals surface area contributed by atoms with Gasteiger partial charge in [-0.2, -0.15) is 0 Å². The molecule has 0 spiro atoms. The average molecular weight is 357 g/mol. The highest BCUT2D eigenvalue weighted by Gasteiger charge is 2.46. The zero-order valence-corrected chi connectivity index (χ0v) is 16.5. The van der Waals surface area contributed by atoms with Gasteiger partial charge in [-0.05, 0) is 53.9 Å². The minimum absolute atomic E-state index is 0.0731. The van der Waals surface area contributed by atoms with Gasteiger partial charge in [-0.15, -0.1) is 0 Å². The van der Waals surface area contributed by atoms with Crippen LogP contribution >= 0.6 is 0 Å². The number of likely N-dealkylation sites (tertiary alicyclic amines) is 1. The fraction of sp³-hybridized carbons (Fsp3) is 0.833. The van der Waals surface area contributed by atoms with Gasteiger partial charge >= 0.3 is 12.2 Å². The summed E-state index contributed by atoms with van der Waals surface area (Å²) in [6.45, 7) is 14.1. The van der Waals surface area contributed by atoms with Crippen LogP contribution in [0.5, 0.6) is 0 Å². The van der Waals surface area contributed by atoms with Gasteiger partial charge in [0, 0.05) is 5.92 Å². The second kappa shape index (κ2) is 7.62. The predicted molar refractivity (Wildman–Crippen MR) is 92.0 cm³/mol. The van der Waals surface area contributed by atoms with Crippen molar-refractivity contribution in [2.75, 3.05) is 6.61 Å². The molecule has 0 aromatic rings. The van der Waals surface area contributed by atoms with E-state index in [1.165, 1.54) is 0 Å². The predicted octanol–water partition coefficient (Wildman–Crippen LogP) is 3.75. The van der Waals surface area contributed by atoms with E-state index in [1.807, 2.05) is 13.8 Å². The summed E-state index contributed by atoms with van der Waals surface area (Å²) in [5.74, 6) is -0.522. The molecule has 1 saturated heterocycles. The molecule has 1 rings (SSSR count). The zero-order valence-electron chi connectivity index (χ0n) is 16.5. The third-order valence-electron chi connectivity index (χ3n) is 3.62. The van der Waals surface area contributed by atoms with Crippen LogP contribution in [0.4, 0.5) is 9.59 Å². The molecule has 25 heavy (non-hydrogen) atoms. The number of ether oxygens (including phenoxy) is 3. The van der Waals surface area contributed by atoms with Gasteiger partial charge in [-0.3, -0.25) is 4.79 Å². The van der Waals surface area contributed by atoms with Gasteiger partial charge in [0.05, 0.1) is 6.04 Å². The minimum atomic E-state index is -0.822. The van der Waals surface area contributed by atoms with Crippen LogP contribution in [0.1, 0.15) is 61.8 Å². The Balaban J connectivity index is 2.84. The quantitative estimate of drug-likeness (QED) is 0.716. The molecule has 0 aliphatic carbocycles. The Morgan fingerprint density at radius 3 is 2.04 bits per heavy atom. The van der Waals surface area contributed by atoms with E-state index in [0.29, 0.717) is 6.42 Å². The van der Waals surface area contributed by atoms with E-state index < -0.39 is 29.5 Å². The number of hydrogen-bond donors (Lipinski definition) is 0. The van der Waals surface area contributed by atoms with Gasteiger partial charge in [0.1, 0.15) is 17.8 Å². The Morgan fingerprint density at radius 2 is 1.60 bits per heavy atom. The van der Waals surface area contributed by atoms with E-state index in [1.54, 1.807) is 41.5 Å². The number of nitrogens with zero attached hydrogens (tertiary/aromatic N) is 1. The van der Waals surface area contributed by atoms with Crippen LogP contribution in [0, 0.1) is 11.8 Å². The maximum Gasteiger partial charge on any atom is 0.508 e. The fourth-order valence-electron chi connectivity index (χ4n) is 2.55. The second-order valence-electron chi connectivity index (χ2n) is 8.70. The van der Waals surface area contributed by atoms with Gasteiger partial charge in [-0.25, -0.2) is 14.5 Å². The van der Waals surface area contributed by atoms with Gasteiger partial charge < -0.3 is 14.2 Å². The maximum atomic E-state index is 12.6. The number of imide groups is 1. The molecule has 7 heteroatoms. The molecule has 0 aromatic heterocycles. The number of carbonyl (C=O) groups excluding carboxylic acids is 3. The third kappa shape index (κ3) is 6.55. The molecule has 1 aliphatic heterocycles.